The second-order valence-corrected chi connectivity index (χ2v) is 9.51. The Balaban J connectivity index is 2.12. The molecule has 6 nitrogen and oxygen atoms in total. The molecule has 3 aromatic rings. The Morgan fingerprint density at radius 2 is 1.37 bits per heavy atom. The molecular weight excluding hydrogens is 444 g/mol. The van der Waals surface area contributed by atoms with Crippen molar-refractivity contribution >= 4 is 5.97 Å². The van der Waals surface area contributed by atoms with E-state index in [1.54, 1.807) is 12.1 Å². The van der Waals surface area contributed by atoms with Gasteiger partial charge in [-0.1, -0.05) is 76.4 Å². The largest absolute Gasteiger partial charge is 0.508 e. The minimum Gasteiger partial charge on any atom is -0.508 e. The Morgan fingerprint density at radius 1 is 0.800 bits per heavy atom. The van der Waals surface area contributed by atoms with Gasteiger partial charge in [0.1, 0.15) is 5.75 Å². The maximum atomic E-state index is 12.0. The number of carboxylic acids is 1. The molecule has 0 saturated carbocycles. The molecule has 0 amide bonds. The zero-order valence-corrected chi connectivity index (χ0v) is 20.5. The van der Waals surface area contributed by atoms with Crippen molar-refractivity contribution in [2.45, 2.75) is 64.3 Å². The molecule has 3 rings (SSSR count). The van der Waals surface area contributed by atoms with Gasteiger partial charge in [-0.15, -0.1) is 0 Å². The Morgan fingerprint density at radius 3 is 1.89 bits per heavy atom. The third kappa shape index (κ3) is 5.90. The number of carboxylic acid groups (broad SMARTS) is 1. The second kappa shape index (κ2) is 10.6. The van der Waals surface area contributed by atoms with Gasteiger partial charge in [-0.05, 0) is 64.9 Å². The highest BCUT2D eigenvalue weighted by Crippen LogP contribution is 2.38. The number of phenolic OH excluding ortho intramolecular Hbond substituents is 1. The normalized spacial score (nSPS) is 12.1. The fourth-order valence-corrected chi connectivity index (χ4v) is 4.54. The minimum absolute atomic E-state index is 0.0815. The zero-order chi connectivity index (χ0) is 25.8. The average molecular weight is 479 g/mol. The summed E-state index contributed by atoms with van der Waals surface area (Å²) >= 11 is 0. The van der Waals surface area contributed by atoms with Crippen LogP contribution in [-0.4, -0.2) is 31.5 Å². The molecule has 0 bridgehead atoms. The Kier molecular flexibility index (Phi) is 8.00. The van der Waals surface area contributed by atoms with Crippen LogP contribution < -0.4 is 0 Å². The van der Waals surface area contributed by atoms with Crippen molar-refractivity contribution in [3.63, 3.8) is 0 Å². The van der Waals surface area contributed by atoms with Crippen LogP contribution in [-0.2, 0) is 17.8 Å². The molecule has 35 heavy (non-hydrogen) atoms. The van der Waals surface area contributed by atoms with Crippen molar-refractivity contribution in [2.75, 3.05) is 0 Å². The highest BCUT2D eigenvalue weighted by molar-refractivity contribution is 5.93. The van der Waals surface area contributed by atoms with E-state index in [1.165, 1.54) is 12.1 Å². The third-order valence-electron chi connectivity index (χ3n) is 6.67. The van der Waals surface area contributed by atoms with Crippen LogP contribution in [0.15, 0.2) is 60.7 Å². The highest BCUT2D eigenvalue weighted by Gasteiger charge is 2.30. The van der Waals surface area contributed by atoms with Gasteiger partial charge in [-0.3, -0.25) is 0 Å². The number of aliphatic hydroxyl groups is 3. The van der Waals surface area contributed by atoms with Crippen molar-refractivity contribution < 1.29 is 30.3 Å². The highest BCUT2D eigenvalue weighted by atomic mass is 16.7. The topological polar surface area (TPSA) is 118 Å². The van der Waals surface area contributed by atoms with Gasteiger partial charge in [0.15, 0.2) is 0 Å². The van der Waals surface area contributed by atoms with Crippen molar-refractivity contribution in [3.05, 3.63) is 88.5 Å². The van der Waals surface area contributed by atoms with Crippen LogP contribution in [0.2, 0.25) is 0 Å². The van der Waals surface area contributed by atoms with E-state index in [4.69, 9.17) is 0 Å². The first-order valence-corrected chi connectivity index (χ1v) is 11.9. The number of carbonyl (C=O) groups is 1. The summed E-state index contributed by atoms with van der Waals surface area (Å²) in [6.07, 6.45) is 4.14. The van der Waals surface area contributed by atoms with Gasteiger partial charge in [-0.25, -0.2) is 4.79 Å². The van der Waals surface area contributed by atoms with Crippen molar-refractivity contribution in [3.8, 4) is 16.9 Å². The molecule has 0 heterocycles. The van der Waals surface area contributed by atoms with Crippen LogP contribution >= 0.6 is 0 Å². The Bertz CT molecular complexity index is 1160. The summed E-state index contributed by atoms with van der Waals surface area (Å²) in [7, 11) is 0. The molecule has 0 radical (unpaired) electrons. The van der Waals surface area contributed by atoms with Gasteiger partial charge in [0.25, 0.3) is 0 Å². The summed E-state index contributed by atoms with van der Waals surface area (Å²) < 4.78 is 0. The lowest BCUT2D eigenvalue weighted by Crippen LogP contribution is -2.26. The number of rotatable bonds is 10. The maximum Gasteiger partial charge on any atom is 0.335 e. The van der Waals surface area contributed by atoms with E-state index in [9.17, 15) is 30.3 Å². The van der Waals surface area contributed by atoms with Gasteiger partial charge >= 0.3 is 11.9 Å². The SMILES string of the molecule is CCCCCCc1c(C(=O)O)ccc(C(O)(O)O)c1-c1ccc(C(C)(C)c2ccc(O)cc2)cc1. The Hall–Kier alpha value is -3.19. The first kappa shape index (κ1) is 26.4. The number of hydrogen-bond donors (Lipinski definition) is 5. The van der Waals surface area contributed by atoms with Gasteiger partial charge < -0.3 is 25.5 Å². The van der Waals surface area contributed by atoms with Gasteiger partial charge in [0.2, 0.25) is 0 Å². The molecule has 0 aliphatic carbocycles. The number of aromatic carboxylic acids is 1. The second-order valence-electron chi connectivity index (χ2n) is 9.51. The molecule has 5 N–H and O–H groups in total. The number of benzene rings is 3. The van der Waals surface area contributed by atoms with E-state index < -0.39 is 11.9 Å². The van der Waals surface area contributed by atoms with Crippen LogP contribution in [0.1, 0.15) is 79.1 Å². The monoisotopic (exact) mass is 478 g/mol. The zero-order valence-electron chi connectivity index (χ0n) is 20.5. The van der Waals surface area contributed by atoms with Gasteiger partial charge in [-0.2, -0.15) is 0 Å². The molecule has 0 aliphatic heterocycles. The quantitative estimate of drug-likeness (QED) is 0.200. The van der Waals surface area contributed by atoms with Crippen molar-refractivity contribution in [1.82, 2.24) is 0 Å². The van der Waals surface area contributed by atoms with Crippen LogP contribution in [0.3, 0.4) is 0 Å². The number of phenols is 1. The lowest BCUT2D eigenvalue weighted by atomic mass is 9.77. The van der Waals surface area contributed by atoms with Crippen LogP contribution in [0.25, 0.3) is 11.1 Å². The fourth-order valence-electron chi connectivity index (χ4n) is 4.54. The van der Waals surface area contributed by atoms with Crippen LogP contribution in [0.4, 0.5) is 0 Å². The first-order valence-electron chi connectivity index (χ1n) is 11.9. The molecule has 0 atom stereocenters. The summed E-state index contributed by atoms with van der Waals surface area (Å²) in [6, 6.07) is 17.0. The maximum absolute atomic E-state index is 12.0. The van der Waals surface area contributed by atoms with Crippen molar-refractivity contribution in [2.24, 2.45) is 0 Å². The molecule has 0 spiro atoms. The predicted molar refractivity (Wildman–Crippen MR) is 135 cm³/mol. The van der Waals surface area contributed by atoms with Crippen molar-refractivity contribution in [1.29, 1.82) is 0 Å². The lowest BCUT2D eigenvalue weighted by Gasteiger charge is -2.27. The summed E-state index contributed by atoms with van der Waals surface area (Å²) in [4.78, 5) is 12.0. The van der Waals surface area contributed by atoms with E-state index in [0.29, 0.717) is 23.1 Å². The molecule has 0 unspecified atom stereocenters. The van der Waals surface area contributed by atoms with E-state index in [0.717, 1.165) is 36.8 Å². The molecule has 186 valence electrons. The van der Waals surface area contributed by atoms with Crippen LogP contribution in [0.5, 0.6) is 5.75 Å². The van der Waals surface area contributed by atoms with E-state index in [-0.39, 0.29) is 22.3 Å². The van der Waals surface area contributed by atoms with Gasteiger partial charge in [0.05, 0.1) is 5.56 Å². The summed E-state index contributed by atoms with van der Waals surface area (Å²) in [5.41, 5.74) is 2.91. The Labute approximate surface area is 206 Å². The van der Waals surface area contributed by atoms with E-state index in [2.05, 4.69) is 20.8 Å². The number of aromatic hydroxyl groups is 1. The molecule has 3 aromatic carbocycles. The summed E-state index contributed by atoms with van der Waals surface area (Å²) in [5.74, 6) is -4.03. The third-order valence-corrected chi connectivity index (χ3v) is 6.67. The molecule has 0 aromatic heterocycles. The molecule has 0 aliphatic rings. The smallest absolute Gasteiger partial charge is 0.335 e. The minimum atomic E-state index is -3.12. The molecule has 0 saturated heterocycles. The fraction of sp³-hybridized carbons (Fsp3) is 0.345. The average Bonchev–Trinajstić information content (AvgIpc) is 2.81. The molecule has 6 heteroatoms. The van der Waals surface area contributed by atoms with E-state index in [1.807, 2.05) is 36.4 Å². The number of unbranched alkanes of at least 4 members (excludes halogenated alkanes) is 3. The van der Waals surface area contributed by atoms with Gasteiger partial charge in [0, 0.05) is 11.0 Å². The predicted octanol–water partition coefficient (Wildman–Crippen LogP) is 5.29. The summed E-state index contributed by atoms with van der Waals surface area (Å²) in [6.45, 7) is 6.21. The summed E-state index contributed by atoms with van der Waals surface area (Å²) in [5, 5.41) is 49.7. The standard InChI is InChI=1S/C29H34O6/c1-4-5-6-7-8-23-24(27(31)32)17-18-25(29(33,34)35)26(23)19-9-11-20(12-10-19)28(2,3)21-13-15-22(30)16-14-21/h9-18,30,33-35H,4-8H2,1-3H3,(H,31,32). The molecule has 0 fully saturated rings. The van der Waals surface area contributed by atoms with Crippen LogP contribution in [0, 0.1) is 0 Å². The lowest BCUT2D eigenvalue weighted by molar-refractivity contribution is -0.323. The first-order chi connectivity index (χ1) is 16.5. The number of hydrogen-bond acceptors (Lipinski definition) is 5. The van der Waals surface area contributed by atoms with E-state index >= 15 is 0 Å². The molecular formula is C29H34O6.